The zero-order valence-corrected chi connectivity index (χ0v) is 17.2. The number of phosphoric acid groups is 1. The average Bonchev–Trinajstić information content (AvgIpc) is 3.11. The van der Waals surface area contributed by atoms with Crippen LogP contribution in [-0.4, -0.2) is 75.7 Å². The molecule has 0 radical (unpaired) electrons. The van der Waals surface area contributed by atoms with Crippen molar-refractivity contribution in [2.45, 2.75) is 31.0 Å². The Hall–Kier alpha value is -1.87. The van der Waals surface area contributed by atoms with Crippen LogP contribution in [0.2, 0.25) is 0 Å². The van der Waals surface area contributed by atoms with Gasteiger partial charge in [0, 0.05) is 7.05 Å². The lowest BCUT2D eigenvalue weighted by Crippen LogP contribution is -2.47. The van der Waals surface area contributed by atoms with Gasteiger partial charge in [-0.25, -0.2) is 18.0 Å². The van der Waals surface area contributed by atoms with E-state index in [4.69, 9.17) is 19.5 Å². The third-order valence-electron chi connectivity index (χ3n) is 4.83. The highest BCUT2D eigenvalue weighted by Gasteiger charge is 2.59. The molecule has 4 rings (SSSR count). The van der Waals surface area contributed by atoms with Gasteiger partial charge in [0.25, 0.3) is 0 Å². The molecule has 2 aliphatic heterocycles. The van der Waals surface area contributed by atoms with Crippen molar-refractivity contribution in [3.63, 3.8) is 0 Å². The average molecular weight is 450 g/mol. The molecule has 0 aliphatic carbocycles. The quantitative estimate of drug-likeness (QED) is 0.482. The summed E-state index contributed by atoms with van der Waals surface area (Å²) >= 11 is 0. The van der Waals surface area contributed by atoms with Crippen molar-refractivity contribution >= 4 is 40.8 Å². The first kappa shape index (κ1) is 20.4. The number of nitrogens with zero attached hydrogens (tertiary/aromatic N) is 5. The smallest absolute Gasteiger partial charge is 0.383 e. The van der Waals surface area contributed by atoms with Gasteiger partial charge < -0.3 is 20.5 Å². The van der Waals surface area contributed by atoms with Gasteiger partial charge in [-0.15, -0.1) is 0 Å². The van der Waals surface area contributed by atoms with Gasteiger partial charge in [0.15, 0.2) is 23.2 Å². The first-order chi connectivity index (χ1) is 13.3. The van der Waals surface area contributed by atoms with Crippen LogP contribution < -0.4 is 10.0 Å². The Labute approximate surface area is 164 Å². The summed E-state index contributed by atoms with van der Waals surface area (Å²) in [4.78, 5) is 21.8. The number of nitrogens with two attached hydrogens (primary N) is 1. The van der Waals surface area contributed by atoms with Crippen molar-refractivity contribution in [2.24, 2.45) is 0 Å². The standard InChI is InChI=1S/C13H19N6O8PS/c1-13(20)8-6(4-25-28(21,22)27-8)26-11(13)19-5-15-7-9(18(2)29(3,23)24)16-12(14)17-10(7)19/h5-6,8,11,20H,4H2,1-3H3,(H,21,22)(H2,14,16,17)/t6-,8?,11-,13+/m1/s1. The van der Waals surface area contributed by atoms with Crippen molar-refractivity contribution in [3.05, 3.63) is 6.33 Å². The van der Waals surface area contributed by atoms with Gasteiger partial charge in [0.05, 0.1) is 19.2 Å². The second-order valence-electron chi connectivity index (χ2n) is 7.00. The molecule has 0 spiro atoms. The van der Waals surface area contributed by atoms with E-state index in [-0.39, 0.29) is 29.5 Å². The van der Waals surface area contributed by atoms with E-state index in [2.05, 4.69) is 15.0 Å². The van der Waals surface area contributed by atoms with Crippen LogP contribution in [0.4, 0.5) is 11.8 Å². The van der Waals surface area contributed by atoms with E-state index in [1.54, 1.807) is 0 Å². The lowest BCUT2D eigenvalue weighted by molar-refractivity contribution is -0.0900. The number of sulfonamides is 1. The molecule has 0 amide bonds. The fourth-order valence-electron chi connectivity index (χ4n) is 3.35. The largest absolute Gasteiger partial charge is 0.472 e. The summed E-state index contributed by atoms with van der Waals surface area (Å²) in [6, 6.07) is 0. The Kier molecular flexibility index (Phi) is 4.44. The molecule has 2 fully saturated rings. The Morgan fingerprint density at radius 1 is 1.45 bits per heavy atom. The van der Waals surface area contributed by atoms with Gasteiger partial charge in [-0.2, -0.15) is 9.97 Å². The maximum absolute atomic E-state index is 11.9. The molecule has 2 unspecified atom stereocenters. The molecule has 4 N–H and O–H groups in total. The van der Waals surface area contributed by atoms with E-state index in [0.717, 1.165) is 10.6 Å². The molecule has 2 aliphatic rings. The normalized spacial score (nSPS) is 35.0. The number of aliphatic hydroxyl groups is 1. The SMILES string of the molecule is CN(c1nc(N)nc2c1ncn2[C@@H]1O[C@@H]2COP(=O)(O)OC2[C@]1(C)O)S(C)(=O)=O. The molecule has 0 aromatic carbocycles. The summed E-state index contributed by atoms with van der Waals surface area (Å²) in [6.07, 6.45) is -0.872. The number of hydrogen-bond donors (Lipinski definition) is 3. The number of ether oxygens (including phenoxy) is 1. The van der Waals surface area contributed by atoms with Crippen LogP contribution >= 0.6 is 7.82 Å². The van der Waals surface area contributed by atoms with Crippen LogP contribution in [0.15, 0.2) is 6.33 Å². The number of aromatic nitrogens is 4. The van der Waals surface area contributed by atoms with Crippen molar-refractivity contribution < 1.29 is 36.8 Å². The zero-order chi connectivity index (χ0) is 21.4. The summed E-state index contributed by atoms with van der Waals surface area (Å²) in [5.41, 5.74) is 4.18. The molecule has 14 nitrogen and oxygen atoms in total. The first-order valence-electron chi connectivity index (χ1n) is 8.29. The maximum Gasteiger partial charge on any atom is 0.472 e. The lowest BCUT2D eigenvalue weighted by atomic mass is 9.96. The molecular formula is C13H19N6O8PS. The number of hydrogen-bond acceptors (Lipinski definition) is 11. The van der Waals surface area contributed by atoms with Crippen molar-refractivity contribution in [1.82, 2.24) is 19.5 Å². The summed E-state index contributed by atoms with van der Waals surface area (Å²) in [5.74, 6) is -0.275. The molecule has 16 heteroatoms. The highest BCUT2D eigenvalue weighted by atomic mass is 32.2. The minimum Gasteiger partial charge on any atom is -0.383 e. The molecule has 2 aromatic heterocycles. The van der Waals surface area contributed by atoms with Gasteiger partial charge >= 0.3 is 7.82 Å². The number of imidazole rings is 1. The van der Waals surface area contributed by atoms with E-state index in [1.807, 2.05) is 0 Å². The third kappa shape index (κ3) is 3.28. The van der Waals surface area contributed by atoms with E-state index in [0.29, 0.717) is 0 Å². The zero-order valence-electron chi connectivity index (χ0n) is 15.5. The Balaban J connectivity index is 1.82. The maximum atomic E-state index is 11.9. The summed E-state index contributed by atoms with van der Waals surface area (Å²) in [5, 5.41) is 11.0. The number of rotatable bonds is 3. The predicted molar refractivity (Wildman–Crippen MR) is 98.2 cm³/mol. The van der Waals surface area contributed by atoms with Crippen molar-refractivity contribution in [3.8, 4) is 0 Å². The predicted octanol–water partition coefficient (Wildman–Crippen LogP) is -1.03. The van der Waals surface area contributed by atoms with Crippen LogP contribution in [-0.2, 0) is 28.4 Å². The molecule has 29 heavy (non-hydrogen) atoms. The van der Waals surface area contributed by atoms with Gasteiger partial charge in [-0.1, -0.05) is 0 Å². The summed E-state index contributed by atoms with van der Waals surface area (Å²) in [7, 11) is -6.70. The van der Waals surface area contributed by atoms with Gasteiger partial charge in [-0.05, 0) is 6.92 Å². The molecule has 5 atom stereocenters. The Bertz CT molecular complexity index is 1140. The van der Waals surface area contributed by atoms with Crippen LogP contribution in [0.1, 0.15) is 13.2 Å². The van der Waals surface area contributed by atoms with E-state index in [1.165, 1.54) is 24.9 Å². The first-order valence-corrected chi connectivity index (χ1v) is 11.6. The molecule has 0 bridgehead atoms. The van der Waals surface area contributed by atoms with E-state index in [9.17, 15) is 23.0 Å². The number of phosphoric ester groups is 1. The highest BCUT2D eigenvalue weighted by molar-refractivity contribution is 7.92. The molecule has 160 valence electrons. The van der Waals surface area contributed by atoms with Crippen LogP contribution in [0.3, 0.4) is 0 Å². The minimum absolute atomic E-state index is 0.0525. The molecule has 0 saturated carbocycles. The number of fused-ring (bicyclic) bond motifs is 2. The second kappa shape index (κ2) is 6.31. The van der Waals surface area contributed by atoms with Crippen LogP contribution in [0, 0.1) is 0 Å². The van der Waals surface area contributed by atoms with Crippen LogP contribution in [0.25, 0.3) is 11.2 Å². The number of nitrogen functional groups attached to an aromatic ring is 1. The van der Waals surface area contributed by atoms with E-state index >= 15 is 0 Å². The summed E-state index contributed by atoms with van der Waals surface area (Å²) in [6.45, 7) is 1.10. The topological polar surface area (TPSA) is 192 Å². The Morgan fingerprint density at radius 3 is 2.79 bits per heavy atom. The van der Waals surface area contributed by atoms with E-state index < -0.39 is 41.9 Å². The van der Waals surface area contributed by atoms with Crippen molar-refractivity contribution in [1.29, 1.82) is 0 Å². The summed E-state index contributed by atoms with van der Waals surface area (Å²) < 4.78 is 53.4. The molecular weight excluding hydrogens is 431 g/mol. The fraction of sp³-hybridized carbons (Fsp3) is 0.615. The molecule has 4 heterocycles. The van der Waals surface area contributed by atoms with Crippen molar-refractivity contribution in [2.75, 3.05) is 29.9 Å². The second-order valence-corrected chi connectivity index (χ2v) is 10.4. The van der Waals surface area contributed by atoms with Crippen LogP contribution in [0.5, 0.6) is 0 Å². The third-order valence-corrected chi connectivity index (χ3v) is 6.97. The molecule has 2 aromatic rings. The van der Waals surface area contributed by atoms with Gasteiger partial charge in [-0.3, -0.25) is 17.9 Å². The minimum atomic E-state index is -4.32. The Morgan fingerprint density at radius 2 is 2.14 bits per heavy atom. The van der Waals surface area contributed by atoms with Gasteiger partial charge in [0.1, 0.15) is 17.8 Å². The molecule has 2 saturated heterocycles. The number of anilines is 2. The fourth-order valence-corrected chi connectivity index (χ4v) is 4.82. The lowest BCUT2D eigenvalue weighted by Gasteiger charge is -2.33. The van der Waals surface area contributed by atoms with Gasteiger partial charge in [0.2, 0.25) is 16.0 Å². The highest BCUT2D eigenvalue weighted by Crippen LogP contribution is 2.55. The monoisotopic (exact) mass is 450 g/mol.